The number of nitrogens with zero attached hydrogens (tertiary/aromatic N) is 2. The van der Waals surface area contributed by atoms with Crippen molar-refractivity contribution in [1.82, 2.24) is 9.78 Å². The van der Waals surface area contributed by atoms with E-state index in [1.54, 1.807) is 12.3 Å². The van der Waals surface area contributed by atoms with Crippen molar-refractivity contribution in [3.05, 3.63) is 62.6 Å². The molecule has 0 aliphatic rings. The minimum absolute atomic E-state index is 0.108. The van der Waals surface area contributed by atoms with Gasteiger partial charge < -0.3 is 5.73 Å². The van der Waals surface area contributed by atoms with E-state index in [-0.39, 0.29) is 11.6 Å². The van der Waals surface area contributed by atoms with Crippen LogP contribution in [0, 0.1) is 27.7 Å². The lowest BCUT2D eigenvalue weighted by Gasteiger charge is -2.19. The molecule has 0 saturated carbocycles. The number of hydrogen-bond acceptors (Lipinski definition) is 3. The number of nitrogens with two attached hydrogens (primary N) is 1. The molecule has 4 nitrogen and oxygen atoms in total. The van der Waals surface area contributed by atoms with Gasteiger partial charge in [-0.3, -0.25) is 4.79 Å². The largest absolute Gasteiger partial charge is 0.322 e. The zero-order chi connectivity index (χ0) is 14.9. The van der Waals surface area contributed by atoms with Crippen LogP contribution in [0.2, 0.25) is 0 Å². The second-order valence-corrected chi connectivity index (χ2v) is 5.47. The summed E-state index contributed by atoms with van der Waals surface area (Å²) >= 11 is 0. The average molecular weight is 271 g/mol. The maximum Gasteiger partial charge on any atom is 0.267 e. The summed E-state index contributed by atoms with van der Waals surface area (Å²) in [6.45, 7) is 8.43. The van der Waals surface area contributed by atoms with E-state index in [1.165, 1.54) is 10.2 Å². The van der Waals surface area contributed by atoms with E-state index in [4.69, 9.17) is 5.73 Å². The number of aromatic nitrogens is 2. The highest BCUT2D eigenvalue weighted by Crippen LogP contribution is 2.22. The molecule has 0 radical (unpaired) electrons. The molecule has 0 spiro atoms. The Bertz CT molecular complexity index is 665. The van der Waals surface area contributed by atoms with Crippen molar-refractivity contribution < 1.29 is 0 Å². The summed E-state index contributed by atoms with van der Waals surface area (Å²) in [5, 5.41) is 4.14. The van der Waals surface area contributed by atoms with Gasteiger partial charge in [0.05, 0.1) is 18.8 Å². The second-order valence-electron chi connectivity index (χ2n) is 5.47. The van der Waals surface area contributed by atoms with E-state index in [1.807, 2.05) is 6.92 Å². The molecule has 1 aromatic carbocycles. The van der Waals surface area contributed by atoms with Crippen LogP contribution in [-0.4, -0.2) is 9.78 Å². The highest BCUT2D eigenvalue weighted by atomic mass is 16.1. The van der Waals surface area contributed by atoms with E-state index >= 15 is 0 Å². The van der Waals surface area contributed by atoms with Crippen LogP contribution in [-0.2, 0) is 6.54 Å². The maximum absolute atomic E-state index is 11.9. The van der Waals surface area contributed by atoms with Crippen LogP contribution in [0.5, 0.6) is 0 Å². The Morgan fingerprint density at radius 2 is 1.70 bits per heavy atom. The fourth-order valence-corrected chi connectivity index (χ4v) is 2.71. The van der Waals surface area contributed by atoms with E-state index in [0.29, 0.717) is 6.54 Å². The molecule has 2 N–H and O–H groups in total. The first-order valence-corrected chi connectivity index (χ1v) is 6.75. The zero-order valence-corrected chi connectivity index (χ0v) is 12.5. The van der Waals surface area contributed by atoms with Gasteiger partial charge in [-0.1, -0.05) is 17.7 Å². The van der Waals surface area contributed by atoms with Crippen LogP contribution in [0.3, 0.4) is 0 Å². The molecular weight excluding hydrogens is 250 g/mol. The summed E-state index contributed by atoms with van der Waals surface area (Å²) in [4.78, 5) is 11.9. The molecule has 0 aliphatic carbocycles. The Morgan fingerprint density at radius 1 is 1.10 bits per heavy atom. The van der Waals surface area contributed by atoms with Gasteiger partial charge in [0.25, 0.3) is 5.56 Å². The Morgan fingerprint density at radius 3 is 2.25 bits per heavy atom. The molecule has 4 heteroatoms. The van der Waals surface area contributed by atoms with Crippen molar-refractivity contribution in [3.8, 4) is 0 Å². The summed E-state index contributed by atoms with van der Waals surface area (Å²) < 4.78 is 1.43. The number of aryl methyl sites for hydroxylation is 4. The SMILES string of the molecule is Cc1cc(C)c(C(N)Cn2ncc(C)cc2=O)c(C)c1. The van der Waals surface area contributed by atoms with Crippen molar-refractivity contribution in [3.63, 3.8) is 0 Å². The van der Waals surface area contributed by atoms with E-state index in [2.05, 4.69) is 38.0 Å². The van der Waals surface area contributed by atoms with Crippen LogP contribution in [0.25, 0.3) is 0 Å². The summed E-state index contributed by atoms with van der Waals surface area (Å²) in [6.07, 6.45) is 1.68. The van der Waals surface area contributed by atoms with Gasteiger partial charge in [-0.25, -0.2) is 4.68 Å². The molecule has 0 saturated heterocycles. The van der Waals surface area contributed by atoms with Gasteiger partial charge in [-0.2, -0.15) is 5.10 Å². The third kappa shape index (κ3) is 2.96. The van der Waals surface area contributed by atoms with Crippen LogP contribution in [0.1, 0.15) is 33.9 Å². The first-order chi connectivity index (χ1) is 9.38. The lowest BCUT2D eigenvalue weighted by molar-refractivity contribution is 0.500. The minimum Gasteiger partial charge on any atom is -0.322 e. The lowest BCUT2D eigenvalue weighted by atomic mass is 9.94. The van der Waals surface area contributed by atoms with Crippen molar-refractivity contribution in [2.24, 2.45) is 5.73 Å². The fourth-order valence-electron chi connectivity index (χ4n) is 2.71. The Kier molecular flexibility index (Phi) is 4.04. The van der Waals surface area contributed by atoms with Crippen LogP contribution in [0.15, 0.2) is 29.2 Å². The topological polar surface area (TPSA) is 60.9 Å². The maximum atomic E-state index is 11.9. The molecule has 1 aromatic heterocycles. The van der Waals surface area contributed by atoms with E-state index in [9.17, 15) is 4.79 Å². The highest BCUT2D eigenvalue weighted by molar-refractivity contribution is 5.39. The molecule has 106 valence electrons. The third-order valence-corrected chi connectivity index (χ3v) is 3.48. The first-order valence-electron chi connectivity index (χ1n) is 6.75. The molecule has 0 amide bonds. The summed E-state index contributed by atoms with van der Waals surface area (Å²) in [7, 11) is 0. The fraction of sp³-hybridized carbons (Fsp3) is 0.375. The number of hydrogen-bond donors (Lipinski definition) is 1. The van der Waals surface area contributed by atoms with Crippen LogP contribution in [0.4, 0.5) is 0 Å². The van der Waals surface area contributed by atoms with Crippen molar-refractivity contribution in [2.45, 2.75) is 40.3 Å². The predicted octanol–water partition coefficient (Wildman–Crippen LogP) is 2.18. The summed E-state index contributed by atoms with van der Waals surface area (Å²) in [6, 6.07) is 5.58. The predicted molar refractivity (Wildman–Crippen MR) is 80.8 cm³/mol. The molecule has 2 rings (SSSR count). The number of benzene rings is 1. The van der Waals surface area contributed by atoms with Gasteiger partial charge in [0.1, 0.15) is 0 Å². The monoisotopic (exact) mass is 271 g/mol. The van der Waals surface area contributed by atoms with Crippen molar-refractivity contribution >= 4 is 0 Å². The molecule has 2 aromatic rings. The third-order valence-electron chi connectivity index (χ3n) is 3.48. The summed E-state index contributed by atoms with van der Waals surface area (Å²) in [5.74, 6) is 0. The van der Waals surface area contributed by atoms with Gasteiger partial charge >= 0.3 is 0 Å². The summed E-state index contributed by atoms with van der Waals surface area (Å²) in [5.41, 5.74) is 11.7. The molecule has 0 bridgehead atoms. The van der Waals surface area contributed by atoms with E-state index < -0.39 is 0 Å². The van der Waals surface area contributed by atoms with Gasteiger partial charge in [-0.05, 0) is 49.9 Å². The number of rotatable bonds is 3. The molecule has 0 aliphatic heterocycles. The molecule has 1 atom stereocenters. The molecular formula is C16H21N3O. The quantitative estimate of drug-likeness (QED) is 0.930. The van der Waals surface area contributed by atoms with Crippen LogP contribution < -0.4 is 11.3 Å². The van der Waals surface area contributed by atoms with Crippen molar-refractivity contribution in [1.29, 1.82) is 0 Å². The molecule has 1 heterocycles. The van der Waals surface area contributed by atoms with Gasteiger partial charge in [0, 0.05) is 6.07 Å². The molecule has 1 unspecified atom stereocenters. The normalized spacial score (nSPS) is 12.4. The van der Waals surface area contributed by atoms with Gasteiger partial charge in [0.15, 0.2) is 0 Å². The van der Waals surface area contributed by atoms with Gasteiger partial charge in [0.2, 0.25) is 0 Å². The smallest absolute Gasteiger partial charge is 0.267 e. The molecule has 0 fully saturated rings. The van der Waals surface area contributed by atoms with Gasteiger partial charge in [-0.15, -0.1) is 0 Å². The Balaban J connectivity index is 2.33. The standard InChI is InChI=1S/C16H21N3O/c1-10-5-12(3)16(13(4)6-10)14(17)9-19-15(20)7-11(2)8-18-19/h5-8,14H,9,17H2,1-4H3. The van der Waals surface area contributed by atoms with E-state index in [0.717, 1.165) is 22.3 Å². The first kappa shape index (κ1) is 14.5. The lowest BCUT2D eigenvalue weighted by Crippen LogP contribution is -2.29. The molecule has 20 heavy (non-hydrogen) atoms. The average Bonchev–Trinajstić information content (AvgIpc) is 2.31. The Hall–Kier alpha value is -1.94. The van der Waals surface area contributed by atoms with Crippen LogP contribution >= 0.6 is 0 Å². The highest BCUT2D eigenvalue weighted by Gasteiger charge is 2.14. The minimum atomic E-state index is -0.233. The Labute approximate surface area is 119 Å². The van der Waals surface area contributed by atoms with Crippen molar-refractivity contribution in [2.75, 3.05) is 0 Å². The zero-order valence-electron chi connectivity index (χ0n) is 12.5. The second kappa shape index (κ2) is 5.59.